The molecular weight excluding hydrogens is 444 g/mol. The second-order valence-electron chi connectivity index (χ2n) is 4.58. The second-order valence-corrected chi connectivity index (χ2v) is 5.83. The fourth-order valence-corrected chi connectivity index (χ4v) is 1.63. The number of nitrogens with one attached hydrogen (secondary N) is 2. The Hall–Kier alpha value is -1.56. The number of methoxy groups -OCH3 is 1. The fourth-order valence-electron chi connectivity index (χ4n) is 1.28. The predicted octanol–water partition coefficient (Wildman–Crippen LogP) is 2.76. The van der Waals surface area contributed by atoms with Gasteiger partial charge < -0.3 is 20.5 Å². The Bertz CT molecular complexity index is 524. The summed E-state index contributed by atoms with van der Waals surface area (Å²) in [6.45, 7) is 3.36. The number of carboxylic acid groups (broad SMARTS) is 1. The molecule has 0 bridgehead atoms. The number of alkyl carbamates (subject to hydrolysis) is 1. The fraction of sp³-hybridized carbons (Fsp3) is 0.429. The number of benzene rings is 1. The molecule has 24 heavy (non-hydrogen) atoms. The standard InChI is InChI=1S/C12H17IN2O2.C2HF3O2/c1-9(7-15-12(16)17-2)14-8-10-3-5-11(13)6-4-10;3-2(4,5)1(6)7/h3-6,9,14H,7-8H2,1-2H3,(H,15,16);(H,6,7). The monoisotopic (exact) mass is 462 g/mol. The summed E-state index contributed by atoms with van der Waals surface area (Å²) in [5.41, 5.74) is 1.23. The van der Waals surface area contributed by atoms with Crippen molar-refractivity contribution in [2.45, 2.75) is 25.7 Å². The van der Waals surface area contributed by atoms with E-state index in [-0.39, 0.29) is 6.04 Å². The highest BCUT2D eigenvalue weighted by Crippen LogP contribution is 2.13. The number of amides is 1. The van der Waals surface area contributed by atoms with Gasteiger partial charge >= 0.3 is 18.2 Å². The molecule has 3 N–H and O–H groups in total. The number of rotatable bonds is 5. The summed E-state index contributed by atoms with van der Waals surface area (Å²) in [6.07, 6.45) is -5.48. The molecule has 0 saturated carbocycles. The van der Waals surface area contributed by atoms with Crippen LogP contribution in [0.5, 0.6) is 0 Å². The maximum Gasteiger partial charge on any atom is 0.490 e. The molecule has 136 valence electrons. The molecule has 1 unspecified atom stereocenters. The molecule has 0 fully saturated rings. The lowest BCUT2D eigenvalue weighted by molar-refractivity contribution is -0.192. The van der Waals surface area contributed by atoms with E-state index in [0.29, 0.717) is 6.54 Å². The van der Waals surface area contributed by atoms with Crippen molar-refractivity contribution in [1.29, 1.82) is 0 Å². The van der Waals surface area contributed by atoms with E-state index in [0.717, 1.165) is 6.54 Å². The summed E-state index contributed by atoms with van der Waals surface area (Å²) in [5.74, 6) is -2.76. The molecule has 1 amide bonds. The molecule has 0 aliphatic heterocycles. The Kier molecular flexibility index (Phi) is 10.4. The van der Waals surface area contributed by atoms with Crippen LogP contribution in [0, 0.1) is 3.57 Å². The number of ether oxygens (including phenoxy) is 1. The van der Waals surface area contributed by atoms with E-state index in [1.165, 1.54) is 16.2 Å². The van der Waals surface area contributed by atoms with E-state index < -0.39 is 18.2 Å². The first-order valence-electron chi connectivity index (χ1n) is 6.66. The minimum Gasteiger partial charge on any atom is -0.475 e. The second kappa shape index (κ2) is 11.1. The summed E-state index contributed by atoms with van der Waals surface area (Å²) >= 11 is 2.28. The zero-order valence-corrected chi connectivity index (χ0v) is 15.1. The number of alkyl halides is 3. The van der Waals surface area contributed by atoms with Crippen molar-refractivity contribution in [3.8, 4) is 0 Å². The Balaban J connectivity index is 0.000000640. The molecule has 0 radical (unpaired) electrons. The van der Waals surface area contributed by atoms with Gasteiger partial charge in [0, 0.05) is 22.7 Å². The van der Waals surface area contributed by atoms with E-state index in [9.17, 15) is 18.0 Å². The Morgan fingerprint density at radius 1 is 1.29 bits per heavy atom. The van der Waals surface area contributed by atoms with Crippen molar-refractivity contribution < 1.29 is 32.6 Å². The van der Waals surface area contributed by atoms with Crippen LogP contribution in [-0.2, 0) is 16.1 Å². The molecule has 0 aromatic heterocycles. The van der Waals surface area contributed by atoms with Crippen molar-refractivity contribution in [2.75, 3.05) is 13.7 Å². The maximum absolute atomic E-state index is 10.9. The maximum atomic E-state index is 10.9. The van der Waals surface area contributed by atoms with Crippen LogP contribution in [0.15, 0.2) is 24.3 Å². The first-order valence-corrected chi connectivity index (χ1v) is 7.74. The van der Waals surface area contributed by atoms with Crippen LogP contribution >= 0.6 is 22.6 Å². The molecule has 1 aromatic carbocycles. The topological polar surface area (TPSA) is 87.7 Å². The van der Waals surface area contributed by atoms with Gasteiger partial charge in [0.05, 0.1) is 7.11 Å². The number of carbonyl (C=O) groups excluding carboxylic acids is 1. The van der Waals surface area contributed by atoms with Gasteiger partial charge in [-0.2, -0.15) is 13.2 Å². The number of carbonyl (C=O) groups is 2. The minimum atomic E-state index is -5.08. The average molecular weight is 462 g/mol. The number of hydrogen-bond acceptors (Lipinski definition) is 4. The third kappa shape index (κ3) is 11.0. The van der Waals surface area contributed by atoms with Crippen molar-refractivity contribution >= 4 is 34.7 Å². The average Bonchev–Trinajstić information content (AvgIpc) is 2.51. The summed E-state index contributed by atoms with van der Waals surface area (Å²) in [4.78, 5) is 19.8. The van der Waals surface area contributed by atoms with E-state index in [4.69, 9.17) is 9.90 Å². The number of halogens is 4. The van der Waals surface area contributed by atoms with Crippen LogP contribution in [0.2, 0.25) is 0 Å². The first kappa shape index (κ1) is 22.4. The molecule has 0 aliphatic carbocycles. The predicted molar refractivity (Wildman–Crippen MR) is 89.6 cm³/mol. The number of hydrogen-bond donors (Lipinski definition) is 3. The van der Waals surface area contributed by atoms with Gasteiger partial charge in [0.15, 0.2) is 0 Å². The zero-order chi connectivity index (χ0) is 18.8. The van der Waals surface area contributed by atoms with Crippen LogP contribution in [0.4, 0.5) is 18.0 Å². The van der Waals surface area contributed by atoms with Gasteiger partial charge in [-0.3, -0.25) is 0 Å². The smallest absolute Gasteiger partial charge is 0.475 e. The van der Waals surface area contributed by atoms with Crippen LogP contribution < -0.4 is 10.6 Å². The van der Waals surface area contributed by atoms with Gasteiger partial charge in [-0.15, -0.1) is 0 Å². The summed E-state index contributed by atoms with van der Waals surface area (Å²) < 4.78 is 37.5. The van der Waals surface area contributed by atoms with Crippen LogP contribution in [-0.4, -0.2) is 43.0 Å². The summed E-state index contributed by atoms with van der Waals surface area (Å²) in [6, 6.07) is 8.54. The van der Waals surface area contributed by atoms with Crippen molar-refractivity contribution in [2.24, 2.45) is 0 Å². The van der Waals surface area contributed by atoms with Gasteiger partial charge in [0.25, 0.3) is 0 Å². The number of aliphatic carboxylic acids is 1. The molecule has 0 aliphatic rings. The van der Waals surface area contributed by atoms with Crippen LogP contribution in [0.3, 0.4) is 0 Å². The van der Waals surface area contributed by atoms with Crippen LogP contribution in [0.25, 0.3) is 0 Å². The van der Waals surface area contributed by atoms with Gasteiger partial charge in [-0.25, -0.2) is 9.59 Å². The highest BCUT2D eigenvalue weighted by Gasteiger charge is 2.38. The lowest BCUT2D eigenvalue weighted by atomic mass is 10.2. The molecule has 0 heterocycles. The Morgan fingerprint density at radius 3 is 2.21 bits per heavy atom. The summed E-state index contributed by atoms with van der Waals surface area (Å²) in [5, 5.41) is 13.1. The SMILES string of the molecule is COC(=O)NCC(C)NCc1ccc(I)cc1.O=C(O)C(F)(F)F. The van der Waals surface area contributed by atoms with E-state index in [1.54, 1.807) is 0 Å². The highest BCUT2D eigenvalue weighted by molar-refractivity contribution is 14.1. The lowest BCUT2D eigenvalue weighted by Crippen LogP contribution is -2.38. The molecular formula is C14H18F3IN2O4. The zero-order valence-electron chi connectivity index (χ0n) is 13.0. The molecule has 0 saturated heterocycles. The quantitative estimate of drug-likeness (QED) is 0.586. The third-order valence-corrected chi connectivity index (χ3v) is 3.27. The summed E-state index contributed by atoms with van der Waals surface area (Å²) in [7, 11) is 1.36. The minimum absolute atomic E-state index is 0.202. The van der Waals surface area contributed by atoms with Crippen molar-refractivity contribution in [3.63, 3.8) is 0 Å². The highest BCUT2D eigenvalue weighted by atomic mass is 127. The molecule has 10 heteroatoms. The van der Waals surface area contributed by atoms with Crippen molar-refractivity contribution in [1.82, 2.24) is 10.6 Å². The first-order chi connectivity index (χ1) is 11.1. The molecule has 1 rings (SSSR count). The van der Waals surface area contributed by atoms with E-state index >= 15 is 0 Å². The molecule has 1 atom stereocenters. The van der Waals surface area contributed by atoms with Gasteiger partial charge in [-0.05, 0) is 47.2 Å². The lowest BCUT2D eigenvalue weighted by Gasteiger charge is -2.14. The largest absolute Gasteiger partial charge is 0.490 e. The van der Waals surface area contributed by atoms with Gasteiger partial charge in [0.2, 0.25) is 0 Å². The molecule has 1 aromatic rings. The van der Waals surface area contributed by atoms with E-state index in [2.05, 4.69) is 62.2 Å². The van der Waals surface area contributed by atoms with Gasteiger partial charge in [-0.1, -0.05) is 12.1 Å². The Morgan fingerprint density at radius 2 is 1.79 bits per heavy atom. The van der Waals surface area contributed by atoms with Gasteiger partial charge in [0.1, 0.15) is 0 Å². The molecule has 0 spiro atoms. The van der Waals surface area contributed by atoms with Crippen LogP contribution in [0.1, 0.15) is 12.5 Å². The Labute approximate surface area is 150 Å². The number of carboxylic acids is 1. The normalized spacial score (nSPS) is 11.8. The van der Waals surface area contributed by atoms with Crippen molar-refractivity contribution in [3.05, 3.63) is 33.4 Å². The third-order valence-electron chi connectivity index (χ3n) is 2.55. The van der Waals surface area contributed by atoms with E-state index in [1.807, 2.05) is 6.92 Å². The molecule has 6 nitrogen and oxygen atoms in total.